The Balaban J connectivity index is 1.47. The van der Waals surface area contributed by atoms with Crippen molar-refractivity contribution in [3.05, 3.63) is 0 Å². The molecule has 2 bridgehead atoms. The highest BCUT2D eigenvalue weighted by Gasteiger charge is 2.41. The number of nitrogens with one attached hydrogen (secondary N) is 1. The van der Waals surface area contributed by atoms with E-state index in [0.29, 0.717) is 0 Å². The van der Waals surface area contributed by atoms with E-state index in [2.05, 4.69) is 19.3 Å². The Morgan fingerprint density at radius 1 is 1.00 bits per heavy atom. The van der Waals surface area contributed by atoms with Crippen molar-refractivity contribution in [3.63, 3.8) is 0 Å². The third-order valence-electron chi connectivity index (χ3n) is 6.97. The molecule has 3 saturated carbocycles. The highest BCUT2D eigenvalue weighted by molar-refractivity contribution is 4.93. The Hall–Kier alpha value is -0.0400. The van der Waals surface area contributed by atoms with Crippen molar-refractivity contribution in [1.82, 2.24) is 5.32 Å². The van der Waals surface area contributed by atoms with Crippen molar-refractivity contribution < 1.29 is 0 Å². The molecule has 3 aliphatic carbocycles. The number of hydrogen-bond acceptors (Lipinski definition) is 1. The number of hydrogen-bond donors (Lipinski definition) is 1. The van der Waals surface area contributed by atoms with Crippen LogP contribution in [0.5, 0.6) is 0 Å². The van der Waals surface area contributed by atoms with Gasteiger partial charge >= 0.3 is 0 Å². The summed E-state index contributed by atoms with van der Waals surface area (Å²) in [6.45, 7) is 2.34. The van der Waals surface area contributed by atoms with Crippen LogP contribution in [0, 0.1) is 29.6 Å². The van der Waals surface area contributed by atoms with E-state index in [1.165, 1.54) is 44.9 Å². The zero-order valence-electron chi connectivity index (χ0n) is 13.7. The molecule has 0 aromatic heterocycles. The van der Waals surface area contributed by atoms with E-state index < -0.39 is 0 Å². The highest BCUT2D eigenvalue weighted by Crippen LogP contribution is 2.50. The maximum absolute atomic E-state index is 3.70. The fraction of sp³-hybridized carbons (Fsp3) is 1.00. The summed E-state index contributed by atoms with van der Waals surface area (Å²) >= 11 is 0. The van der Waals surface area contributed by atoms with Gasteiger partial charge in [-0.3, -0.25) is 0 Å². The third-order valence-corrected chi connectivity index (χ3v) is 6.97. The van der Waals surface area contributed by atoms with E-state index in [1.54, 1.807) is 25.7 Å². The van der Waals surface area contributed by atoms with Crippen LogP contribution < -0.4 is 5.32 Å². The maximum atomic E-state index is 3.70. The minimum absolute atomic E-state index is 0.821. The lowest BCUT2D eigenvalue weighted by atomic mass is 9.73. The molecule has 20 heavy (non-hydrogen) atoms. The van der Waals surface area contributed by atoms with Crippen molar-refractivity contribution >= 4 is 0 Å². The zero-order valence-corrected chi connectivity index (χ0v) is 13.7. The summed E-state index contributed by atoms with van der Waals surface area (Å²) < 4.78 is 0. The quantitative estimate of drug-likeness (QED) is 0.720. The molecule has 116 valence electrons. The largest absolute Gasteiger partial charge is 0.317 e. The van der Waals surface area contributed by atoms with Crippen molar-refractivity contribution in [1.29, 1.82) is 0 Å². The second-order valence-electron chi connectivity index (χ2n) is 8.14. The smallest absolute Gasteiger partial charge is 0.00950 e. The standard InChI is InChI=1S/C19H35N/c1-3-4-14-5-8-16(9-6-14)19(20-2)13-18-12-15-7-10-17(18)11-15/h14-20H,3-13H2,1-2H3. The van der Waals surface area contributed by atoms with E-state index in [1.807, 2.05) is 0 Å². The van der Waals surface area contributed by atoms with Crippen molar-refractivity contribution in [2.24, 2.45) is 29.6 Å². The SMILES string of the molecule is CCCC1CCC(C(CC2CC3CCC2C3)NC)CC1. The molecule has 1 N–H and O–H groups in total. The second-order valence-corrected chi connectivity index (χ2v) is 8.14. The molecule has 0 spiro atoms. The van der Waals surface area contributed by atoms with Crippen LogP contribution in [-0.2, 0) is 0 Å². The molecule has 4 unspecified atom stereocenters. The Bertz CT molecular complexity index is 292. The zero-order chi connectivity index (χ0) is 13.9. The van der Waals surface area contributed by atoms with E-state index in [-0.39, 0.29) is 0 Å². The lowest BCUT2D eigenvalue weighted by Crippen LogP contribution is -2.38. The van der Waals surface area contributed by atoms with Gasteiger partial charge in [0.05, 0.1) is 0 Å². The molecule has 0 saturated heterocycles. The molecular formula is C19H35N. The Labute approximate surface area is 126 Å². The lowest BCUT2D eigenvalue weighted by Gasteiger charge is -2.36. The normalized spacial score (nSPS) is 42.0. The van der Waals surface area contributed by atoms with Gasteiger partial charge in [-0.1, -0.05) is 39.0 Å². The van der Waals surface area contributed by atoms with Crippen LogP contribution in [0.3, 0.4) is 0 Å². The molecule has 0 radical (unpaired) electrons. The lowest BCUT2D eigenvalue weighted by molar-refractivity contribution is 0.181. The second kappa shape index (κ2) is 6.81. The predicted molar refractivity (Wildman–Crippen MR) is 86.8 cm³/mol. The fourth-order valence-corrected chi connectivity index (χ4v) is 5.82. The van der Waals surface area contributed by atoms with E-state index in [4.69, 9.17) is 0 Å². The van der Waals surface area contributed by atoms with Crippen LogP contribution in [0.4, 0.5) is 0 Å². The molecule has 0 heterocycles. The van der Waals surface area contributed by atoms with Gasteiger partial charge in [0.1, 0.15) is 0 Å². The van der Waals surface area contributed by atoms with E-state index >= 15 is 0 Å². The topological polar surface area (TPSA) is 12.0 Å². The average Bonchev–Trinajstić information content (AvgIpc) is 3.08. The molecule has 0 aromatic rings. The van der Waals surface area contributed by atoms with Gasteiger partial charge in [-0.25, -0.2) is 0 Å². The summed E-state index contributed by atoms with van der Waals surface area (Å²) in [5.41, 5.74) is 0. The molecular weight excluding hydrogens is 242 g/mol. The summed E-state index contributed by atoms with van der Waals surface area (Å²) in [6, 6.07) is 0.821. The predicted octanol–water partition coefficient (Wildman–Crippen LogP) is 5.01. The third kappa shape index (κ3) is 3.24. The summed E-state index contributed by atoms with van der Waals surface area (Å²) in [4.78, 5) is 0. The van der Waals surface area contributed by atoms with Gasteiger partial charge in [0.25, 0.3) is 0 Å². The molecule has 0 aliphatic heterocycles. The van der Waals surface area contributed by atoms with Crippen LogP contribution in [0.1, 0.15) is 77.6 Å². The number of rotatable bonds is 6. The number of fused-ring (bicyclic) bond motifs is 2. The fourth-order valence-electron chi connectivity index (χ4n) is 5.82. The summed E-state index contributed by atoms with van der Waals surface area (Å²) in [5.74, 6) is 5.32. The molecule has 3 aliphatic rings. The molecule has 3 rings (SSSR count). The monoisotopic (exact) mass is 277 g/mol. The van der Waals surface area contributed by atoms with Crippen molar-refractivity contribution in [2.75, 3.05) is 7.05 Å². The molecule has 1 nitrogen and oxygen atoms in total. The molecule has 4 atom stereocenters. The van der Waals surface area contributed by atoms with Gasteiger partial charge in [-0.2, -0.15) is 0 Å². The maximum Gasteiger partial charge on any atom is 0.00950 e. The Kier molecular flexibility index (Phi) is 5.07. The molecule has 3 fully saturated rings. The van der Waals surface area contributed by atoms with Crippen LogP contribution >= 0.6 is 0 Å². The average molecular weight is 277 g/mol. The summed E-state index contributed by atoms with van der Waals surface area (Å²) in [5, 5.41) is 3.70. The van der Waals surface area contributed by atoms with Gasteiger partial charge in [-0.05, 0) is 75.2 Å². The van der Waals surface area contributed by atoms with Crippen LogP contribution in [0.25, 0.3) is 0 Å². The Morgan fingerprint density at radius 2 is 1.80 bits per heavy atom. The van der Waals surface area contributed by atoms with Gasteiger partial charge in [-0.15, -0.1) is 0 Å². The minimum atomic E-state index is 0.821. The summed E-state index contributed by atoms with van der Waals surface area (Å²) in [7, 11) is 2.22. The van der Waals surface area contributed by atoms with Gasteiger partial charge < -0.3 is 5.32 Å². The first-order valence-electron chi connectivity index (χ1n) is 9.47. The highest BCUT2D eigenvalue weighted by atomic mass is 14.9. The summed E-state index contributed by atoms with van der Waals surface area (Å²) in [6.07, 6.45) is 16.6. The van der Waals surface area contributed by atoms with Gasteiger partial charge in [0.15, 0.2) is 0 Å². The van der Waals surface area contributed by atoms with Crippen LogP contribution in [0.2, 0.25) is 0 Å². The van der Waals surface area contributed by atoms with Gasteiger partial charge in [0.2, 0.25) is 0 Å². The molecule has 1 heteroatoms. The van der Waals surface area contributed by atoms with Crippen molar-refractivity contribution in [2.45, 2.75) is 83.6 Å². The Morgan fingerprint density at radius 3 is 2.35 bits per heavy atom. The first-order chi connectivity index (χ1) is 9.80. The van der Waals surface area contributed by atoms with E-state index in [9.17, 15) is 0 Å². The van der Waals surface area contributed by atoms with Crippen LogP contribution in [0.15, 0.2) is 0 Å². The minimum Gasteiger partial charge on any atom is -0.317 e. The first kappa shape index (κ1) is 14.9. The van der Waals surface area contributed by atoms with Crippen LogP contribution in [-0.4, -0.2) is 13.1 Å². The first-order valence-corrected chi connectivity index (χ1v) is 9.47. The molecule has 0 aromatic carbocycles. The van der Waals surface area contributed by atoms with E-state index in [0.717, 1.165) is 35.6 Å². The molecule has 0 amide bonds. The van der Waals surface area contributed by atoms with Crippen molar-refractivity contribution in [3.8, 4) is 0 Å². The van der Waals surface area contributed by atoms with Gasteiger partial charge in [0, 0.05) is 6.04 Å².